The van der Waals surface area contributed by atoms with Crippen molar-refractivity contribution < 1.29 is 28.6 Å². The van der Waals surface area contributed by atoms with Gasteiger partial charge >= 0.3 is 11.9 Å². The summed E-state index contributed by atoms with van der Waals surface area (Å²) in [6.07, 6.45) is 18.0. The molecule has 0 amide bonds. The molecule has 54 heavy (non-hydrogen) atoms. The first kappa shape index (κ1) is 37.6. The molecule has 0 saturated heterocycles. The summed E-state index contributed by atoms with van der Waals surface area (Å²) in [4.78, 5) is 48.9. The normalized spacial score (nSPS) is 21.6. The topological polar surface area (TPSA) is 152 Å². The number of aliphatic carboxylic acids is 2. The van der Waals surface area contributed by atoms with Crippen molar-refractivity contribution in [3.63, 3.8) is 0 Å². The fourth-order valence-electron chi connectivity index (χ4n) is 8.17. The number of aromatic nitrogens is 6. The van der Waals surface area contributed by atoms with Gasteiger partial charge in [0.1, 0.15) is 0 Å². The van der Waals surface area contributed by atoms with Crippen LogP contribution in [-0.2, 0) is 35.3 Å². The van der Waals surface area contributed by atoms with E-state index in [1.807, 2.05) is 24.3 Å². The van der Waals surface area contributed by atoms with E-state index in [4.69, 9.17) is 23.2 Å². The molecule has 4 aromatic heterocycles. The molecule has 8 rings (SSSR count). The van der Waals surface area contributed by atoms with Crippen molar-refractivity contribution in [2.45, 2.75) is 77.0 Å². The zero-order chi connectivity index (χ0) is 37.9. The van der Waals surface area contributed by atoms with Gasteiger partial charge in [-0.05, 0) is 62.5 Å². The number of carbonyl (C=O) groups is 2. The number of nitrogens with zero attached hydrogens (tertiary/aromatic N) is 6. The van der Waals surface area contributed by atoms with Gasteiger partial charge in [-0.3, -0.25) is 19.6 Å². The predicted octanol–water partition coefficient (Wildman–Crippen LogP) is 8.17. The van der Waals surface area contributed by atoms with Crippen molar-refractivity contribution in [3.05, 3.63) is 116 Å². The molecule has 0 spiro atoms. The van der Waals surface area contributed by atoms with Crippen molar-refractivity contribution in [3.8, 4) is 0 Å². The van der Waals surface area contributed by atoms with Crippen LogP contribution in [0.15, 0.2) is 49.1 Å². The summed E-state index contributed by atoms with van der Waals surface area (Å²) in [6, 6.07) is 3.63. The van der Waals surface area contributed by atoms with Gasteiger partial charge in [0.15, 0.2) is 23.3 Å². The van der Waals surface area contributed by atoms with Crippen LogP contribution in [0.2, 0.25) is 10.0 Å². The fourth-order valence-corrected chi connectivity index (χ4v) is 8.49. The highest BCUT2D eigenvalue weighted by molar-refractivity contribution is 6.31. The molecule has 0 aromatic carbocycles. The summed E-state index contributed by atoms with van der Waals surface area (Å²) in [5.41, 5.74) is 5.65. The Balaban J connectivity index is 0.000000167. The van der Waals surface area contributed by atoms with Gasteiger partial charge in [-0.15, -0.1) is 0 Å². The third-order valence-electron chi connectivity index (χ3n) is 10.9. The lowest BCUT2D eigenvalue weighted by atomic mass is 9.77. The Labute approximate surface area is 320 Å². The zero-order valence-corrected chi connectivity index (χ0v) is 30.8. The van der Waals surface area contributed by atoms with E-state index >= 15 is 0 Å². The molecule has 0 radical (unpaired) electrons. The Kier molecular flexibility index (Phi) is 11.4. The third-order valence-corrected chi connectivity index (χ3v) is 11.3. The SMILES string of the molecule is O=C(O)[C@@H]1CCCC[C@H]1Cc1nc(C2=CCc3ncc(Cl)cc32)ncc1F.O=C(O)[C@H]1CCCC[C@H]1Cc1nc(C2=CCc3ncc(Cl)cc32)ncc1F. The molecule has 10 nitrogen and oxygen atoms in total. The minimum Gasteiger partial charge on any atom is -0.481 e. The van der Waals surface area contributed by atoms with Crippen molar-refractivity contribution >= 4 is 46.3 Å². The maximum Gasteiger partial charge on any atom is 0.306 e. The van der Waals surface area contributed by atoms with E-state index in [1.165, 1.54) is 12.4 Å². The highest BCUT2D eigenvalue weighted by atomic mass is 35.5. The van der Waals surface area contributed by atoms with E-state index in [1.54, 1.807) is 12.4 Å². The number of pyridine rings is 2. The van der Waals surface area contributed by atoms with E-state index in [9.17, 15) is 28.6 Å². The maximum absolute atomic E-state index is 14.4. The Morgan fingerprint density at radius 1 is 0.630 bits per heavy atom. The van der Waals surface area contributed by atoms with Crippen LogP contribution >= 0.6 is 23.2 Å². The van der Waals surface area contributed by atoms with Gasteiger partial charge in [-0.2, -0.15) is 0 Å². The molecule has 4 atom stereocenters. The van der Waals surface area contributed by atoms with Gasteiger partial charge in [-0.25, -0.2) is 28.7 Å². The van der Waals surface area contributed by atoms with Crippen LogP contribution in [0.5, 0.6) is 0 Å². The summed E-state index contributed by atoms with van der Waals surface area (Å²) in [7, 11) is 0. The first-order chi connectivity index (χ1) is 26.0. The number of carboxylic acid groups (broad SMARTS) is 2. The molecule has 280 valence electrons. The molecule has 4 aliphatic rings. The number of hydrogen-bond donors (Lipinski definition) is 2. The smallest absolute Gasteiger partial charge is 0.306 e. The average Bonchev–Trinajstić information content (AvgIpc) is 3.78. The minimum atomic E-state index is -0.803. The van der Waals surface area contributed by atoms with Crippen molar-refractivity contribution in [2.75, 3.05) is 0 Å². The Hall–Kier alpha value is -4.68. The lowest BCUT2D eigenvalue weighted by molar-refractivity contribution is -0.145. The largest absolute Gasteiger partial charge is 0.481 e. The van der Waals surface area contributed by atoms with Crippen molar-refractivity contribution in [1.29, 1.82) is 0 Å². The molecule has 2 saturated carbocycles. The van der Waals surface area contributed by atoms with E-state index < -0.39 is 35.4 Å². The molecule has 4 heterocycles. The molecule has 2 fully saturated rings. The van der Waals surface area contributed by atoms with Gasteiger partial charge in [0.05, 0.1) is 57.1 Å². The first-order valence-corrected chi connectivity index (χ1v) is 19.0. The molecular weight excluding hydrogens is 737 g/mol. The zero-order valence-electron chi connectivity index (χ0n) is 29.3. The number of allylic oxidation sites excluding steroid dienone is 2. The first-order valence-electron chi connectivity index (χ1n) is 18.2. The van der Waals surface area contributed by atoms with E-state index in [2.05, 4.69) is 29.9 Å². The summed E-state index contributed by atoms with van der Waals surface area (Å²) >= 11 is 12.1. The lowest BCUT2D eigenvalue weighted by Crippen LogP contribution is -2.29. The molecule has 2 N–H and O–H groups in total. The van der Waals surface area contributed by atoms with Gasteiger partial charge < -0.3 is 10.2 Å². The van der Waals surface area contributed by atoms with Crippen LogP contribution in [-0.4, -0.2) is 52.1 Å². The molecule has 14 heteroatoms. The molecule has 4 aliphatic carbocycles. The highest BCUT2D eigenvalue weighted by Crippen LogP contribution is 2.37. The summed E-state index contributed by atoms with van der Waals surface area (Å²) in [5.74, 6) is -2.81. The number of carboxylic acids is 2. The predicted molar refractivity (Wildman–Crippen MR) is 198 cm³/mol. The van der Waals surface area contributed by atoms with E-state index in [0.29, 0.717) is 60.2 Å². The third kappa shape index (κ3) is 8.19. The number of hydrogen-bond acceptors (Lipinski definition) is 8. The van der Waals surface area contributed by atoms with Crippen LogP contribution in [0.25, 0.3) is 11.1 Å². The second-order valence-corrected chi connectivity index (χ2v) is 15.2. The van der Waals surface area contributed by atoms with E-state index in [-0.39, 0.29) is 23.2 Å². The molecular formula is C40H38Cl2F2N6O4. The van der Waals surface area contributed by atoms with Gasteiger partial charge in [0.25, 0.3) is 0 Å². The fraction of sp³-hybridized carbons (Fsp3) is 0.400. The highest BCUT2D eigenvalue weighted by Gasteiger charge is 2.33. The molecule has 0 unspecified atom stereocenters. The van der Waals surface area contributed by atoms with Crippen LogP contribution in [0.3, 0.4) is 0 Å². The van der Waals surface area contributed by atoms with Crippen molar-refractivity contribution in [2.24, 2.45) is 23.7 Å². The Morgan fingerprint density at radius 3 is 1.44 bits per heavy atom. The van der Waals surface area contributed by atoms with Gasteiger partial charge in [0, 0.05) is 47.5 Å². The van der Waals surface area contributed by atoms with Crippen LogP contribution < -0.4 is 0 Å². The Bertz CT molecular complexity index is 2010. The van der Waals surface area contributed by atoms with Gasteiger partial charge in [0.2, 0.25) is 0 Å². The van der Waals surface area contributed by atoms with Crippen LogP contribution in [0, 0.1) is 35.3 Å². The number of fused-ring (bicyclic) bond motifs is 2. The van der Waals surface area contributed by atoms with E-state index in [0.717, 1.165) is 72.2 Å². The average molecular weight is 776 g/mol. The molecule has 4 aromatic rings. The number of rotatable bonds is 8. The van der Waals surface area contributed by atoms with Crippen LogP contribution in [0.4, 0.5) is 8.78 Å². The van der Waals surface area contributed by atoms with Crippen molar-refractivity contribution in [1.82, 2.24) is 29.9 Å². The quantitative estimate of drug-likeness (QED) is 0.179. The summed E-state index contributed by atoms with van der Waals surface area (Å²) < 4.78 is 28.7. The van der Waals surface area contributed by atoms with Crippen LogP contribution in [0.1, 0.15) is 96.9 Å². The standard InChI is InChI=1S/2C20H19ClFN3O2/c2*21-12-8-15-14(5-6-17(15)23-9-12)19-24-10-16(22)18(25-19)7-11-3-1-2-4-13(11)20(26)27/h2*5,8-11,13H,1-4,6-7H2,(H,26,27)/t11-,13+;11-,13-/m00/s1. The molecule has 0 bridgehead atoms. The maximum atomic E-state index is 14.4. The monoisotopic (exact) mass is 774 g/mol. The van der Waals surface area contributed by atoms with Gasteiger partial charge in [-0.1, -0.05) is 61.0 Å². The second kappa shape index (κ2) is 16.4. The molecule has 0 aliphatic heterocycles. The summed E-state index contributed by atoms with van der Waals surface area (Å²) in [5, 5.41) is 20.0. The Morgan fingerprint density at radius 2 is 1.04 bits per heavy atom. The summed E-state index contributed by atoms with van der Waals surface area (Å²) in [6.45, 7) is 0. The number of halogens is 4. The second-order valence-electron chi connectivity index (χ2n) is 14.3. The lowest BCUT2D eigenvalue weighted by Gasteiger charge is -2.28. The minimum absolute atomic E-state index is 0.102.